The zero-order chi connectivity index (χ0) is 18.6. The van der Waals surface area contributed by atoms with Crippen molar-refractivity contribution < 1.29 is 19.1 Å². The zero-order valence-corrected chi connectivity index (χ0v) is 14.1. The first-order valence-electron chi connectivity index (χ1n) is 8.30. The number of ether oxygens (including phenoxy) is 2. The van der Waals surface area contributed by atoms with Gasteiger partial charge in [0.1, 0.15) is 12.3 Å². The number of rotatable bonds is 3. The fourth-order valence-electron chi connectivity index (χ4n) is 2.61. The van der Waals surface area contributed by atoms with Crippen molar-refractivity contribution >= 4 is 11.8 Å². The molecule has 27 heavy (non-hydrogen) atoms. The fraction of sp³-hybridized carbons (Fsp3) is 0.105. The molecule has 2 aromatic carbocycles. The Bertz CT molecular complexity index is 971. The Balaban J connectivity index is 1.34. The quantitative estimate of drug-likeness (QED) is 0.613. The normalized spacial score (nSPS) is 15.0. The Morgan fingerprint density at radius 2 is 1.74 bits per heavy atom. The number of hydrogen-bond acceptors (Lipinski definition) is 5. The van der Waals surface area contributed by atoms with Gasteiger partial charge in [-0.25, -0.2) is 0 Å². The SMILES string of the molecule is O=C(NNC(=O)C1COc2ccccc2O1)c1cc(-c2ccccc2)n[nH]1. The minimum atomic E-state index is -0.859. The molecule has 0 saturated carbocycles. The molecule has 0 spiro atoms. The van der Waals surface area contributed by atoms with E-state index in [4.69, 9.17) is 9.47 Å². The summed E-state index contributed by atoms with van der Waals surface area (Å²) in [5, 5.41) is 6.76. The number of benzene rings is 2. The van der Waals surface area contributed by atoms with Crippen LogP contribution in [0.4, 0.5) is 0 Å². The molecule has 1 aliphatic rings. The summed E-state index contributed by atoms with van der Waals surface area (Å²) in [5.74, 6) is 0.0311. The lowest BCUT2D eigenvalue weighted by Crippen LogP contribution is -2.50. The molecule has 1 aromatic heterocycles. The molecule has 1 atom stereocenters. The maximum Gasteiger partial charge on any atom is 0.287 e. The number of aromatic amines is 1. The van der Waals surface area contributed by atoms with Crippen molar-refractivity contribution in [3.63, 3.8) is 0 Å². The first kappa shape index (κ1) is 16.6. The van der Waals surface area contributed by atoms with Crippen LogP contribution in [0.25, 0.3) is 11.3 Å². The molecule has 8 nitrogen and oxygen atoms in total. The average molecular weight is 364 g/mol. The van der Waals surface area contributed by atoms with Gasteiger partial charge in [0, 0.05) is 5.56 Å². The lowest BCUT2D eigenvalue weighted by Gasteiger charge is -2.25. The average Bonchev–Trinajstić information content (AvgIpc) is 3.22. The third-order valence-electron chi connectivity index (χ3n) is 3.99. The molecule has 0 bridgehead atoms. The van der Waals surface area contributed by atoms with Crippen LogP contribution in [0.1, 0.15) is 10.5 Å². The lowest BCUT2D eigenvalue weighted by atomic mass is 10.1. The van der Waals surface area contributed by atoms with E-state index >= 15 is 0 Å². The molecule has 3 N–H and O–H groups in total. The number of aromatic nitrogens is 2. The van der Waals surface area contributed by atoms with E-state index in [1.165, 1.54) is 0 Å². The Morgan fingerprint density at radius 1 is 1.00 bits per heavy atom. The van der Waals surface area contributed by atoms with Gasteiger partial charge in [0.05, 0.1) is 5.69 Å². The summed E-state index contributed by atoms with van der Waals surface area (Å²) >= 11 is 0. The van der Waals surface area contributed by atoms with E-state index in [0.717, 1.165) is 5.56 Å². The number of H-pyrrole nitrogens is 1. The maximum atomic E-state index is 12.2. The van der Waals surface area contributed by atoms with Gasteiger partial charge in [0.2, 0.25) is 6.10 Å². The number of hydrazine groups is 1. The molecule has 0 fully saturated rings. The van der Waals surface area contributed by atoms with Crippen LogP contribution in [0.5, 0.6) is 11.5 Å². The third-order valence-corrected chi connectivity index (χ3v) is 3.99. The minimum Gasteiger partial charge on any atom is -0.485 e. The largest absolute Gasteiger partial charge is 0.485 e. The number of nitrogens with one attached hydrogen (secondary N) is 3. The van der Waals surface area contributed by atoms with Gasteiger partial charge in [-0.1, -0.05) is 42.5 Å². The van der Waals surface area contributed by atoms with Crippen LogP contribution in [0.2, 0.25) is 0 Å². The molecule has 2 amide bonds. The van der Waals surface area contributed by atoms with Gasteiger partial charge < -0.3 is 9.47 Å². The van der Waals surface area contributed by atoms with E-state index < -0.39 is 17.9 Å². The van der Waals surface area contributed by atoms with Crippen LogP contribution in [0, 0.1) is 0 Å². The molecule has 0 saturated heterocycles. The monoisotopic (exact) mass is 364 g/mol. The Hall–Kier alpha value is -3.81. The highest BCUT2D eigenvalue weighted by Gasteiger charge is 2.27. The van der Waals surface area contributed by atoms with Gasteiger partial charge in [-0.15, -0.1) is 0 Å². The number of carbonyl (C=O) groups is 2. The van der Waals surface area contributed by atoms with Crippen molar-refractivity contribution in [1.82, 2.24) is 21.0 Å². The van der Waals surface area contributed by atoms with Crippen LogP contribution in [-0.2, 0) is 4.79 Å². The predicted molar refractivity (Wildman–Crippen MR) is 96.0 cm³/mol. The van der Waals surface area contributed by atoms with Gasteiger partial charge in [0.15, 0.2) is 11.5 Å². The summed E-state index contributed by atoms with van der Waals surface area (Å²) in [6.45, 7) is 0.0565. The second-order valence-electron chi connectivity index (χ2n) is 5.84. The molecule has 2 heterocycles. The number of hydrogen-bond donors (Lipinski definition) is 3. The van der Waals surface area contributed by atoms with E-state index in [-0.39, 0.29) is 12.3 Å². The van der Waals surface area contributed by atoms with E-state index in [2.05, 4.69) is 21.0 Å². The summed E-state index contributed by atoms with van der Waals surface area (Å²) in [6, 6.07) is 18.1. The van der Waals surface area contributed by atoms with Crippen LogP contribution in [0.3, 0.4) is 0 Å². The topological polar surface area (TPSA) is 105 Å². The second-order valence-corrected chi connectivity index (χ2v) is 5.84. The predicted octanol–water partition coefficient (Wildman–Crippen LogP) is 1.68. The maximum absolute atomic E-state index is 12.2. The molecule has 4 rings (SSSR count). The number of carbonyl (C=O) groups excluding carboxylic acids is 2. The fourth-order valence-corrected chi connectivity index (χ4v) is 2.61. The number of fused-ring (bicyclic) bond motifs is 1. The molecule has 8 heteroatoms. The van der Waals surface area contributed by atoms with Crippen molar-refractivity contribution in [2.75, 3.05) is 6.61 Å². The highest BCUT2D eigenvalue weighted by Crippen LogP contribution is 2.30. The van der Waals surface area contributed by atoms with Gasteiger partial charge in [-0.3, -0.25) is 25.5 Å². The first-order chi connectivity index (χ1) is 13.2. The minimum absolute atomic E-state index is 0.0565. The van der Waals surface area contributed by atoms with Gasteiger partial charge in [0.25, 0.3) is 11.8 Å². The molecule has 3 aromatic rings. The smallest absolute Gasteiger partial charge is 0.287 e. The molecule has 136 valence electrons. The lowest BCUT2D eigenvalue weighted by molar-refractivity contribution is -0.131. The van der Waals surface area contributed by atoms with Crippen LogP contribution < -0.4 is 20.3 Å². The summed E-state index contributed by atoms with van der Waals surface area (Å²) in [5.41, 5.74) is 6.41. The van der Waals surface area contributed by atoms with E-state index in [9.17, 15) is 9.59 Å². The number of para-hydroxylation sites is 2. The Labute approximate surface area is 154 Å². The first-order valence-corrected chi connectivity index (χ1v) is 8.30. The van der Waals surface area contributed by atoms with Crippen molar-refractivity contribution in [2.45, 2.75) is 6.10 Å². The van der Waals surface area contributed by atoms with Gasteiger partial charge >= 0.3 is 0 Å². The number of nitrogens with zero attached hydrogens (tertiary/aromatic N) is 1. The van der Waals surface area contributed by atoms with Crippen molar-refractivity contribution in [3.8, 4) is 22.8 Å². The van der Waals surface area contributed by atoms with Gasteiger partial charge in [-0.05, 0) is 18.2 Å². The van der Waals surface area contributed by atoms with Gasteiger partial charge in [-0.2, -0.15) is 5.10 Å². The molecular weight excluding hydrogens is 348 g/mol. The standard InChI is InChI=1S/C19H16N4O4/c24-18(14-10-13(20-21-14)12-6-2-1-3-7-12)22-23-19(25)17-11-26-15-8-4-5-9-16(15)27-17/h1-10,17H,11H2,(H,20,21)(H,22,24)(H,23,25). The molecule has 0 radical (unpaired) electrons. The molecular formula is C19H16N4O4. The molecule has 1 aliphatic heterocycles. The van der Waals surface area contributed by atoms with Crippen LogP contribution in [0.15, 0.2) is 60.7 Å². The molecule has 0 aliphatic carbocycles. The Kier molecular flexibility index (Phi) is 4.44. The highest BCUT2D eigenvalue weighted by atomic mass is 16.6. The van der Waals surface area contributed by atoms with E-state index in [1.54, 1.807) is 24.3 Å². The van der Waals surface area contributed by atoms with Crippen LogP contribution >= 0.6 is 0 Å². The second kappa shape index (κ2) is 7.20. The van der Waals surface area contributed by atoms with Crippen molar-refractivity contribution in [3.05, 3.63) is 66.4 Å². The summed E-state index contributed by atoms with van der Waals surface area (Å²) < 4.78 is 11.1. The number of amides is 2. The van der Waals surface area contributed by atoms with Crippen molar-refractivity contribution in [1.29, 1.82) is 0 Å². The third kappa shape index (κ3) is 3.59. The summed E-state index contributed by atoms with van der Waals surface area (Å²) in [4.78, 5) is 24.4. The highest BCUT2D eigenvalue weighted by molar-refractivity contribution is 5.95. The van der Waals surface area contributed by atoms with E-state index in [0.29, 0.717) is 17.2 Å². The molecule has 1 unspecified atom stereocenters. The van der Waals surface area contributed by atoms with E-state index in [1.807, 2.05) is 36.4 Å². The Morgan fingerprint density at radius 3 is 2.56 bits per heavy atom. The summed E-state index contributed by atoms with van der Waals surface area (Å²) in [6.07, 6.45) is -0.859. The summed E-state index contributed by atoms with van der Waals surface area (Å²) in [7, 11) is 0. The van der Waals surface area contributed by atoms with Crippen molar-refractivity contribution in [2.24, 2.45) is 0 Å². The van der Waals surface area contributed by atoms with Crippen LogP contribution in [-0.4, -0.2) is 34.7 Å². The zero-order valence-electron chi connectivity index (χ0n) is 14.1.